The first kappa shape index (κ1) is 19.8. The molecule has 0 spiro atoms. The van der Waals surface area contributed by atoms with Gasteiger partial charge in [-0.3, -0.25) is 14.5 Å². The molecule has 2 aliphatic heterocycles. The molecule has 0 bridgehead atoms. The molecule has 1 N–H and O–H groups in total. The zero-order valence-electron chi connectivity index (χ0n) is 15.8. The van der Waals surface area contributed by atoms with Gasteiger partial charge in [-0.15, -0.1) is 0 Å². The monoisotopic (exact) mass is 393 g/mol. The van der Waals surface area contributed by atoms with Crippen LogP contribution >= 0.6 is 0 Å². The Labute approximate surface area is 160 Å². The molecule has 2 amide bonds. The van der Waals surface area contributed by atoms with Crippen molar-refractivity contribution in [1.82, 2.24) is 10.2 Å². The number of nitrogens with zero attached hydrogens (tertiary/aromatic N) is 2. The highest BCUT2D eigenvalue weighted by atomic mass is 32.2. The molecule has 0 radical (unpaired) electrons. The van der Waals surface area contributed by atoms with Crippen molar-refractivity contribution in [3.8, 4) is 0 Å². The van der Waals surface area contributed by atoms with Crippen molar-refractivity contribution in [3.05, 3.63) is 29.8 Å². The van der Waals surface area contributed by atoms with Gasteiger partial charge < -0.3 is 5.32 Å². The van der Waals surface area contributed by atoms with Crippen molar-refractivity contribution in [2.75, 3.05) is 29.7 Å². The summed E-state index contributed by atoms with van der Waals surface area (Å²) in [5.74, 6) is -0.150. The highest BCUT2D eigenvalue weighted by Crippen LogP contribution is 2.26. The number of sulfonamides is 1. The minimum Gasteiger partial charge on any atom is -0.350 e. The largest absolute Gasteiger partial charge is 0.350 e. The molecule has 1 atom stereocenters. The lowest BCUT2D eigenvalue weighted by Crippen LogP contribution is -2.45. The van der Waals surface area contributed by atoms with Crippen LogP contribution < -0.4 is 9.62 Å². The van der Waals surface area contributed by atoms with E-state index < -0.39 is 15.9 Å². The van der Waals surface area contributed by atoms with Crippen molar-refractivity contribution in [2.24, 2.45) is 5.92 Å². The molecule has 7 nitrogen and oxygen atoms in total. The molecule has 3 rings (SSSR count). The molecular weight excluding hydrogens is 366 g/mol. The summed E-state index contributed by atoms with van der Waals surface area (Å²) in [5, 5.41) is 2.92. The van der Waals surface area contributed by atoms with Gasteiger partial charge in [0.05, 0.1) is 11.4 Å². The maximum absolute atomic E-state index is 12.5. The van der Waals surface area contributed by atoms with Crippen LogP contribution in [0.1, 0.15) is 43.5 Å². The number of benzene rings is 1. The Kier molecular flexibility index (Phi) is 5.86. The lowest BCUT2D eigenvalue weighted by molar-refractivity contribution is -0.116. The zero-order chi connectivity index (χ0) is 19.6. The number of amides is 2. The topological polar surface area (TPSA) is 86.8 Å². The number of piperidine rings is 1. The van der Waals surface area contributed by atoms with Gasteiger partial charge in [-0.25, -0.2) is 12.7 Å². The summed E-state index contributed by atoms with van der Waals surface area (Å²) in [4.78, 5) is 26.8. The predicted octanol–water partition coefficient (Wildman–Crippen LogP) is 1.60. The highest BCUT2D eigenvalue weighted by Gasteiger charge is 2.36. The van der Waals surface area contributed by atoms with E-state index >= 15 is 0 Å². The van der Waals surface area contributed by atoms with Crippen molar-refractivity contribution in [3.63, 3.8) is 0 Å². The standard InChI is InChI=1S/C19H27N3O4S/c1-14-6-9-21(10-7-14)15(2)13-20-19(24)16-4-3-5-17(12-16)22-18(23)8-11-27(22,25)26/h3-5,12,14-15H,6-11,13H2,1-2H3,(H,20,24). The smallest absolute Gasteiger partial charge is 0.251 e. The predicted molar refractivity (Wildman–Crippen MR) is 104 cm³/mol. The van der Waals surface area contributed by atoms with Crippen molar-refractivity contribution in [2.45, 2.75) is 39.2 Å². The lowest BCUT2D eigenvalue weighted by atomic mass is 9.98. The number of carbonyl (C=O) groups excluding carboxylic acids is 2. The average Bonchev–Trinajstić information content (AvgIpc) is 2.92. The van der Waals surface area contributed by atoms with E-state index in [0.717, 1.165) is 23.3 Å². The molecule has 1 unspecified atom stereocenters. The first-order valence-electron chi connectivity index (χ1n) is 9.46. The Hall–Kier alpha value is -1.93. The molecule has 2 saturated heterocycles. The maximum atomic E-state index is 12.5. The fourth-order valence-electron chi connectivity index (χ4n) is 3.58. The van der Waals surface area contributed by atoms with E-state index in [2.05, 4.69) is 24.1 Å². The lowest BCUT2D eigenvalue weighted by Gasteiger charge is -2.35. The Balaban J connectivity index is 1.63. The molecule has 0 aliphatic carbocycles. The van der Waals surface area contributed by atoms with Crippen LogP contribution in [0.3, 0.4) is 0 Å². The number of rotatable bonds is 5. The SMILES string of the molecule is CC1CCN(C(C)CNC(=O)c2cccc(N3C(=O)CCS3(=O)=O)c2)CC1. The second-order valence-corrected chi connectivity index (χ2v) is 9.49. The molecule has 1 aromatic rings. The van der Waals surface area contributed by atoms with Crippen LogP contribution in [0.25, 0.3) is 0 Å². The second-order valence-electron chi connectivity index (χ2n) is 7.55. The fourth-order valence-corrected chi connectivity index (χ4v) is 5.03. The van der Waals surface area contributed by atoms with Gasteiger partial charge in [0.2, 0.25) is 15.9 Å². The Morgan fingerprint density at radius 2 is 2.00 bits per heavy atom. The van der Waals surface area contributed by atoms with Gasteiger partial charge in [0, 0.05) is 24.6 Å². The average molecular weight is 394 g/mol. The third-order valence-electron chi connectivity index (χ3n) is 5.42. The summed E-state index contributed by atoms with van der Waals surface area (Å²) >= 11 is 0. The minimum absolute atomic E-state index is 0.0231. The third-order valence-corrected chi connectivity index (χ3v) is 7.11. The summed E-state index contributed by atoms with van der Waals surface area (Å²) < 4.78 is 24.9. The summed E-state index contributed by atoms with van der Waals surface area (Å²) in [6.07, 6.45) is 2.34. The van der Waals surface area contributed by atoms with Gasteiger partial charge in [0.25, 0.3) is 5.91 Å². The number of anilines is 1. The van der Waals surface area contributed by atoms with Crippen molar-refractivity contribution >= 4 is 27.5 Å². The minimum atomic E-state index is -3.63. The van der Waals surface area contributed by atoms with Gasteiger partial charge in [-0.1, -0.05) is 13.0 Å². The third kappa shape index (κ3) is 4.50. The van der Waals surface area contributed by atoms with E-state index in [9.17, 15) is 18.0 Å². The fraction of sp³-hybridized carbons (Fsp3) is 0.579. The van der Waals surface area contributed by atoms with Gasteiger partial charge in [0.15, 0.2) is 0 Å². The maximum Gasteiger partial charge on any atom is 0.251 e. The molecule has 2 fully saturated rings. The molecule has 148 valence electrons. The first-order valence-corrected chi connectivity index (χ1v) is 11.1. The first-order chi connectivity index (χ1) is 12.8. The van der Waals surface area contributed by atoms with Crippen LogP contribution in [0.5, 0.6) is 0 Å². The van der Waals surface area contributed by atoms with Gasteiger partial charge >= 0.3 is 0 Å². The molecule has 0 saturated carbocycles. The number of hydrogen-bond donors (Lipinski definition) is 1. The van der Waals surface area contributed by atoms with Crippen LogP contribution in [-0.4, -0.2) is 56.6 Å². The summed E-state index contributed by atoms with van der Waals surface area (Å²) in [7, 11) is -3.63. The summed E-state index contributed by atoms with van der Waals surface area (Å²) in [5.41, 5.74) is 0.574. The van der Waals surface area contributed by atoms with E-state index in [1.54, 1.807) is 12.1 Å². The van der Waals surface area contributed by atoms with Crippen LogP contribution in [0.2, 0.25) is 0 Å². The van der Waals surface area contributed by atoms with Crippen LogP contribution in [0.4, 0.5) is 5.69 Å². The van der Waals surface area contributed by atoms with Crippen molar-refractivity contribution in [1.29, 1.82) is 0 Å². The summed E-state index contributed by atoms with van der Waals surface area (Å²) in [6.45, 7) is 6.98. The summed E-state index contributed by atoms with van der Waals surface area (Å²) in [6, 6.07) is 6.46. The van der Waals surface area contributed by atoms with E-state index in [1.165, 1.54) is 25.0 Å². The van der Waals surface area contributed by atoms with E-state index in [1.807, 2.05) is 0 Å². The van der Waals surface area contributed by atoms with E-state index in [-0.39, 0.29) is 29.8 Å². The molecule has 2 aliphatic rings. The van der Waals surface area contributed by atoms with E-state index in [4.69, 9.17) is 0 Å². The number of likely N-dealkylation sites (tertiary alicyclic amines) is 1. The molecule has 1 aromatic carbocycles. The normalized spacial score (nSPS) is 22.0. The number of nitrogens with one attached hydrogen (secondary N) is 1. The van der Waals surface area contributed by atoms with Crippen molar-refractivity contribution < 1.29 is 18.0 Å². The Morgan fingerprint density at radius 3 is 2.63 bits per heavy atom. The van der Waals surface area contributed by atoms with Gasteiger partial charge in [-0.05, 0) is 57.0 Å². The molecule has 27 heavy (non-hydrogen) atoms. The zero-order valence-corrected chi connectivity index (χ0v) is 16.7. The molecule has 0 aromatic heterocycles. The van der Waals surface area contributed by atoms with Gasteiger partial charge in [-0.2, -0.15) is 0 Å². The number of carbonyl (C=O) groups is 2. The molecular formula is C19H27N3O4S. The molecule has 2 heterocycles. The van der Waals surface area contributed by atoms with Crippen LogP contribution in [0, 0.1) is 5.92 Å². The quantitative estimate of drug-likeness (QED) is 0.821. The second kappa shape index (κ2) is 7.98. The Morgan fingerprint density at radius 1 is 1.30 bits per heavy atom. The highest BCUT2D eigenvalue weighted by molar-refractivity contribution is 7.94. The van der Waals surface area contributed by atoms with Gasteiger partial charge in [0.1, 0.15) is 0 Å². The van der Waals surface area contributed by atoms with E-state index in [0.29, 0.717) is 12.1 Å². The Bertz CT molecular complexity index is 816. The van der Waals surface area contributed by atoms with Crippen LogP contribution in [0.15, 0.2) is 24.3 Å². The number of hydrogen-bond acceptors (Lipinski definition) is 5. The molecule has 8 heteroatoms. The van der Waals surface area contributed by atoms with Crippen LogP contribution in [-0.2, 0) is 14.8 Å².